The molecule has 0 bridgehead atoms. The van der Waals surface area contributed by atoms with Crippen molar-refractivity contribution in [2.24, 2.45) is 11.8 Å². The summed E-state index contributed by atoms with van der Waals surface area (Å²) in [6.45, 7) is 4.74. The van der Waals surface area contributed by atoms with Crippen LogP contribution in [0.3, 0.4) is 0 Å². The molecule has 1 amide bonds. The van der Waals surface area contributed by atoms with Crippen LogP contribution >= 0.6 is 11.6 Å². The standard InChI is InChI=1S/C33H38ClN3O3/c1-3-9-25(12-8-16-34)31-30(20-22-18-27(19-22)33(39)40)36-29-21-26(13-14-28(29)37-31)32(38)35-17-15-23(4-2)24-10-6-5-7-11-24/h3,5-11,13-14,16,21-23,25,27H,4,12,15,17-20H2,1-2H3,(H,35,38)(H,39,40)/b9-3-,16-8+. The van der Waals surface area contributed by atoms with Gasteiger partial charge in [-0.25, -0.2) is 9.97 Å². The van der Waals surface area contributed by atoms with Crippen molar-refractivity contribution in [1.82, 2.24) is 15.3 Å². The van der Waals surface area contributed by atoms with Crippen molar-refractivity contribution < 1.29 is 14.7 Å². The summed E-state index contributed by atoms with van der Waals surface area (Å²) in [5.74, 6) is -0.484. The minimum absolute atomic E-state index is 0.00125. The summed E-state index contributed by atoms with van der Waals surface area (Å²) in [5.41, 5.74) is 6.50. The van der Waals surface area contributed by atoms with E-state index in [2.05, 4.69) is 42.6 Å². The van der Waals surface area contributed by atoms with Gasteiger partial charge in [-0.15, -0.1) is 0 Å². The number of carboxylic acid groups (broad SMARTS) is 1. The number of amides is 1. The van der Waals surface area contributed by atoms with Crippen molar-refractivity contribution in [2.75, 3.05) is 6.54 Å². The molecule has 1 aliphatic carbocycles. The summed E-state index contributed by atoms with van der Waals surface area (Å²) in [7, 11) is 0. The highest BCUT2D eigenvalue weighted by Crippen LogP contribution is 2.38. The third-order valence-corrected chi connectivity index (χ3v) is 8.07. The molecule has 40 heavy (non-hydrogen) atoms. The monoisotopic (exact) mass is 559 g/mol. The Morgan fingerprint density at radius 2 is 1.90 bits per heavy atom. The molecule has 0 radical (unpaired) electrons. The van der Waals surface area contributed by atoms with E-state index in [1.165, 1.54) is 11.1 Å². The first kappa shape index (κ1) is 29.5. The Balaban J connectivity index is 1.54. The van der Waals surface area contributed by atoms with Gasteiger partial charge >= 0.3 is 5.97 Å². The number of hydrogen-bond acceptors (Lipinski definition) is 4. The third-order valence-electron chi connectivity index (χ3n) is 7.89. The maximum Gasteiger partial charge on any atom is 0.306 e. The zero-order valence-electron chi connectivity index (χ0n) is 23.2. The van der Waals surface area contributed by atoms with Gasteiger partial charge in [-0.05, 0) is 81.0 Å². The van der Waals surface area contributed by atoms with Crippen LogP contribution in [0.2, 0.25) is 0 Å². The van der Waals surface area contributed by atoms with Crippen molar-refractivity contribution in [3.05, 3.63) is 94.8 Å². The fraction of sp³-hybridized carbons (Fsp3) is 0.394. The second-order valence-corrected chi connectivity index (χ2v) is 10.9. The fourth-order valence-corrected chi connectivity index (χ4v) is 5.68. The van der Waals surface area contributed by atoms with Gasteiger partial charge in [-0.1, -0.05) is 67.1 Å². The number of rotatable bonds is 13. The fourth-order valence-electron chi connectivity index (χ4n) is 5.58. The topological polar surface area (TPSA) is 92.2 Å². The second-order valence-electron chi connectivity index (χ2n) is 10.6. The van der Waals surface area contributed by atoms with Gasteiger partial charge < -0.3 is 10.4 Å². The molecule has 3 aromatic rings. The zero-order chi connectivity index (χ0) is 28.5. The van der Waals surface area contributed by atoms with E-state index in [4.69, 9.17) is 21.6 Å². The average Bonchev–Trinajstić information content (AvgIpc) is 2.94. The lowest BCUT2D eigenvalue weighted by atomic mass is 9.72. The molecular formula is C33H38ClN3O3. The lowest BCUT2D eigenvalue weighted by Crippen LogP contribution is -2.32. The number of fused-ring (bicyclic) bond motifs is 1. The molecule has 2 atom stereocenters. The number of nitrogens with one attached hydrogen (secondary N) is 1. The van der Waals surface area contributed by atoms with E-state index in [1.807, 2.05) is 37.3 Å². The number of carboxylic acids is 1. The van der Waals surface area contributed by atoms with Gasteiger partial charge in [0.05, 0.1) is 28.3 Å². The molecule has 1 aromatic heterocycles. The van der Waals surface area contributed by atoms with Gasteiger partial charge in [0.1, 0.15) is 0 Å². The van der Waals surface area contributed by atoms with Crippen molar-refractivity contribution in [1.29, 1.82) is 0 Å². The molecule has 4 rings (SSSR count). The first-order chi connectivity index (χ1) is 19.4. The quantitative estimate of drug-likeness (QED) is 0.213. The minimum atomic E-state index is -0.732. The van der Waals surface area contributed by atoms with E-state index in [1.54, 1.807) is 6.07 Å². The molecule has 1 fully saturated rings. The van der Waals surface area contributed by atoms with E-state index < -0.39 is 5.97 Å². The summed E-state index contributed by atoms with van der Waals surface area (Å²) < 4.78 is 0. The highest BCUT2D eigenvalue weighted by atomic mass is 35.5. The van der Waals surface area contributed by atoms with E-state index >= 15 is 0 Å². The molecule has 0 saturated heterocycles. The molecule has 6 nitrogen and oxygen atoms in total. The van der Waals surface area contributed by atoms with Crippen molar-refractivity contribution in [3.8, 4) is 0 Å². The van der Waals surface area contributed by atoms with Gasteiger partial charge in [-0.2, -0.15) is 0 Å². The summed E-state index contributed by atoms with van der Waals surface area (Å²) in [6, 6.07) is 15.9. The van der Waals surface area contributed by atoms with Gasteiger partial charge in [0.2, 0.25) is 0 Å². The van der Waals surface area contributed by atoms with Gasteiger partial charge in [-0.3, -0.25) is 9.59 Å². The summed E-state index contributed by atoms with van der Waals surface area (Å²) >= 11 is 5.84. The highest BCUT2D eigenvalue weighted by molar-refractivity contribution is 6.25. The smallest absolute Gasteiger partial charge is 0.306 e. The Hall–Kier alpha value is -3.51. The van der Waals surface area contributed by atoms with E-state index in [0.29, 0.717) is 49.2 Å². The van der Waals surface area contributed by atoms with Crippen LogP contribution < -0.4 is 5.32 Å². The lowest BCUT2D eigenvalue weighted by molar-refractivity contribution is -0.146. The average molecular weight is 560 g/mol. The number of allylic oxidation sites excluding steroid dienone is 3. The molecule has 2 aromatic carbocycles. The highest BCUT2D eigenvalue weighted by Gasteiger charge is 2.35. The van der Waals surface area contributed by atoms with Crippen LogP contribution in [0.25, 0.3) is 11.0 Å². The molecule has 1 heterocycles. The number of aromatic nitrogens is 2. The molecule has 2 N–H and O–H groups in total. The lowest BCUT2D eigenvalue weighted by Gasteiger charge is -2.32. The molecule has 1 aliphatic rings. The zero-order valence-corrected chi connectivity index (χ0v) is 24.0. The molecule has 210 valence electrons. The maximum atomic E-state index is 13.0. The van der Waals surface area contributed by atoms with Crippen molar-refractivity contribution in [3.63, 3.8) is 0 Å². The van der Waals surface area contributed by atoms with Crippen LogP contribution in [0.15, 0.2) is 72.3 Å². The van der Waals surface area contributed by atoms with Crippen LogP contribution in [-0.2, 0) is 11.2 Å². The van der Waals surface area contributed by atoms with Gasteiger partial charge in [0.25, 0.3) is 5.91 Å². The van der Waals surface area contributed by atoms with Gasteiger partial charge in [0.15, 0.2) is 0 Å². The summed E-state index contributed by atoms with van der Waals surface area (Å²) in [5, 5.41) is 12.4. The Labute approximate surface area is 241 Å². The molecule has 0 spiro atoms. The maximum absolute atomic E-state index is 13.0. The summed E-state index contributed by atoms with van der Waals surface area (Å²) in [6.07, 6.45) is 10.5. The normalized spacial score (nSPS) is 18.6. The van der Waals surface area contributed by atoms with E-state index in [0.717, 1.165) is 29.7 Å². The number of benzene rings is 2. The number of halogens is 1. The van der Waals surface area contributed by atoms with Crippen LogP contribution in [-0.4, -0.2) is 33.5 Å². The van der Waals surface area contributed by atoms with E-state index in [-0.39, 0.29) is 23.7 Å². The number of aliphatic carboxylic acids is 1. The van der Waals surface area contributed by atoms with Crippen molar-refractivity contribution >= 4 is 34.5 Å². The van der Waals surface area contributed by atoms with E-state index in [9.17, 15) is 14.7 Å². The molecule has 2 unspecified atom stereocenters. The molecule has 1 saturated carbocycles. The largest absolute Gasteiger partial charge is 0.481 e. The minimum Gasteiger partial charge on any atom is -0.481 e. The number of carbonyl (C=O) groups is 2. The predicted molar refractivity (Wildman–Crippen MR) is 161 cm³/mol. The Kier molecular flexibility index (Phi) is 10.5. The Bertz CT molecular complexity index is 1370. The molecule has 7 heteroatoms. The first-order valence-electron chi connectivity index (χ1n) is 14.2. The van der Waals surface area contributed by atoms with Gasteiger partial charge in [0, 0.05) is 23.6 Å². The number of nitrogens with zero attached hydrogens (tertiary/aromatic N) is 2. The summed E-state index contributed by atoms with van der Waals surface area (Å²) in [4.78, 5) is 34.4. The predicted octanol–water partition coefficient (Wildman–Crippen LogP) is 7.40. The number of carbonyl (C=O) groups excluding carboxylic acids is 1. The first-order valence-corrected chi connectivity index (χ1v) is 14.6. The number of hydrogen-bond donors (Lipinski definition) is 2. The van der Waals surface area contributed by atoms with Crippen LogP contribution in [0, 0.1) is 11.8 Å². The van der Waals surface area contributed by atoms with Crippen LogP contribution in [0.1, 0.15) is 85.1 Å². The Morgan fingerprint density at radius 1 is 1.12 bits per heavy atom. The van der Waals surface area contributed by atoms with Crippen LogP contribution in [0.5, 0.6) is 0 Å². The molecular weight excluding hydrogens is 522 g/mol. The van der Waals surface area contributed by atoms with Crippen molar-refractivity contribution in [2.45, 2.75) is 64.2 Å². The second kappa shape index (κ2) is 14.2. The Morgan fingerprint density at radius 3 is 2.58 bits per heavy atom. The van der Waals surface area contributed by atoms with Crippen LogP contribution in [0.4, 0.5) is 0 Å². The third kappa shape index (κ3) is 7.36. The SMILES string of the molecule is C/C=C\C(C/C=C/Cl)c1nc2ccc(C(=O)NCCC(CC)c3ccccc3)cc2nc1CC1CC(C(=O)O)C1. The molecule has 0 aliphatic heterocycles.